The molecule has 0 aliphatic carbocycles. The average Bonchev–Trinajstić information content (AvgIpc) is 2.51. The molecule has 0 spiro atoms. The summed E-state index contributed by atoms with van der Waals surface area (Å²) in [7, 11) is 0. The molecule has 0 atom stereocenters. The first-order chi connectivity index (χ1) is 12.9. The molecule has 0 unspecified atom stereocenters. The third-order valence-corrected chi connectivity index (χ3v) is 6.75. The molecule has 0 N–H and O–H groups in total. The van der Waals surface area contributed by atoms with Crippen LogP contribution < -0.4 is 0 Å². The standard InChI is InChI=1S/C28H42S/c1-25(2,3)19-15-13-16-20(26(4,5)6)23(19)29-24-21(27(7,8)9)17-14-18-22(24)28(10,11)12/h13-18H,1-12H3. The lowest BCUT2D eigenvalue weighted by Gasteiger charge is -2.33. The summed E-state index contributed by atoms with van der Waals surface area (Å²) in [6.45, 7) is 28.0. The second kappa shape index (κ2) is 7.80. The third kappa shape index (κ3) is 5.48. The van der Waals surface area contributed by atoms with Crippen LogP contribution in [0.25, 0.3) is 0 Å². The summed E-state index contributed by atoms with van der Waals surface area (Å²) in [5.41, 5.74) is 6.17. The molecular formula is C28H42S. The fraction of sp³-hybridized carbons (Fsp3) is 0.571. The van der Waals surface area contributed by atoms with Gasteiger partial charge in [0.2, 0.25) is 0 Å². The van der Waals surface area contributed by atoms with Crippen LogP contribution in [-0.2, 0) is 21.7 Å². The van der Waals surface area contributed by atoms with E-state index in [1.165, 1.54) is 32.0 Å². The molecule has 2 aromatic carbocycles. The van der Waals surface area contributed by atoms with E-state index in [0.717, 1.165) is 0 Å². The van der Waals surface area contributed by atoms with Crippen molar-refractivity contribution >= 4 is 11.8 Å². The molecule has 0 radical (unpaired) electrons. The van der Waals surface area contributed by atoms with Gasteiger partial charge in [0, 0.05) is 9.79 Å². The summed E-state index contributed by atoms with van der Waals surface area (Å²) in [6, 6.07) is 13.8. The maximum Gasteiger partial charge on any atom is 0.0197 e. The first-order valence-corrected chi connectivity index (χ1v) is 11.7. The Bertz CT molecular complexity index is 721. The fourth-order valence-electron chi connectivity index (χ4n) is 3.76. The first-order valence-electron chi connectivity index (χ1n) is 10.9. The molecule has 0 saturated heterocycles. The van der Waals surface area contributed by atoms with Crippen molar-refractivity contribution in [3.8, 4) is 0 Å². The van der Waals surface area contributed by atoms with Crippen molar-refractivity contribution in [2.75, 3.05) is 0 Å². The minimum Gasteiger partial charge on any atom is -0.0889 e. The molecule has 0 heterocycles. The zero-order chi connectivity index (χ0) is 22.4. The molecule has 0 aliphatic rings. The highest BCUT2D eigenvalue weighted by atomic mass is 32.2. The van der Waals surface area contributed by atoms with Crippen molar-refractivity contribution < 1.29 is 0 Å². The summed E-state index contributed by atoms with van der Waals surface area (Å²) in [5, 5.41) is 0. The summed E-state index contributed by atoms with van der Waals surface area (Å²) in [5.74, 6) is 0. The van der Waals surface area contributed by atoms with Gasteiger partial charge in [-0.15, -0.1) is 0 Å². The van der Waals surface area contributed by atoms with Crippen molar-refractivity contribution in [2.24, 2.45) is 0 Å². The zero-order valence-corrected chi connectivity index (χ0v) is 21.7. The van der Waals surface area contributed by atoms with E-state index in [2.05, 4.69) is 119 Å². The topological polar surface area (TPSA) is 0 Å². The summed E-state index contributed by atoms with van der Waals surface area (Å²) in [6.07, 6.45) is 0. The maximum atomic E-state index is 2.33. The van der Waals surface area contributed by atoms with Crippen LogP contribution in [0.5, 0.6) is 0 Å². The van der Waals surface area contributed by atoms with Gasteiger partial charge < -0.3 is 0 Å². The molecule has 0 amide bonds. The second-order valence-corrected chi connectivity index (χ2v) is 13.5. The number of benzene rings is 2. The van der Waals surface area contributed by atoms with Crippen LogP contribution >= 0.6 is 11.8 Å². The molecule has 2 rings (SSSR count). The van der Waals surface area contributed by atoms with Gasteiger partial charge in [-0.25, -0.2) is 0 Å². The largest absolute Gasteiger partial charge is 0.0889 e. The lowest BCUT2D eigenvalue weighted by molar-refractivity contribution is 0.541. The minimum absolute atomic E-state index is 0.0994. The number of hydrogen-bond donors (Lipinski definition) is 0. The molecular weight excluding hydrogens is 368 g/mol. The van der Waals surface area contributed by atoms with Crippen molar-refractivity contribution in [3.05, 3.63) is 58.7 Å². The van der Waals surface area contributed by atoms with Crippen molar-refractivity contribution in [1.82, 2.24) is 0 Å². The van der Waals surface area contributed by atoms with Gasteiger partial charge in [0.05, 0.1) is 0 Å². The Kier molecular flexibility index (Phi) is 6.47. The molecule has 0 aliphatic heterocycles. The van der Waals surface area contributed by atoms with E-state index < -0.39 is 0 Å². The predicted octanol–water partition coefficient (Wildman–Crippen LogP) is 9.03. The third-order valence-electron chi connectivity index (χ3n) is 5.47. The van der Waals surface area contributed by atoms with Crippen molar-refractivity contribution in [1.29, 1.82) is 0 Å². The normalized spacial score (nSPS) is 13.7. The Morgan fingerprint density at radius 1 is 0.414 bits per heavy atom. The lowest BCUT2D eigenvalue weighted by atomic mass is 9.80. The molecule has 0 fully saturated rings. The Morgan fingerprint density at radius 2 is 0.621 bits per heavy atom. The van der Waals surface area contributed by atoms with E-state index >= 15 is 0 Å². The molecule has 0 bridgehead atoms. The first kappa shape index (κ1) is 24.1. The maximum absolute atomic E-state index is 2.33. The van der Waals surface area contributed by atoms with Crippen LogP contribution in [0.1, 0.15) is 105 Å². The van der Waals surface area contributed by atoms with E-state index in [9.17, 15) is 0 Å². The highest BCUT2D eigenvalue weighted by Gasteiger charge is 2.30. The highest BCUT2D eigenvalue weighted by Crippen LogP contribution is 2.48. The Balaban J connectivity index is 2.88. The van der Waals surface area contributed by atoms with Gasteiger partial charge in [0.25, 0.3) is 0 Å². The van der Waals surface area contributed by atoms with Crippen molar-refractivity contribution in [3.63, 3.8) is 0 Å². The summed E-state index contributed by atoms with van der Waals surface area (Å²) in [4.78, 5) is 2.88. The van der Waals surface area contributed by atoms with Crippen LogP contribution in [0.2, 0.25) is 0 Å². The van der Waals surface area contributed by atoms with Crippen LogP contribution in [0.3, 0.4) is 0 Å². The van der Waals surface area contributed by atoms with Crippen LogP contribution in [0, 0.1) is 0 Å². The Hall–Kier alpha value is -1.21. The van der Waals surface area contributed by atoms with E-state index in [1.807, 2.05) is 11.8 Å². The van der Waals surface area contributed by atoms with E-state index in [1.54, 1.807) is 0 Å². The lowest BCUT2D eigenvalue weighted by Crippen LogP contribution is -2.21. The molecule has 0 nitrogen and oxygen atoms in total. The predicted molar refractivity (Wildman–Crippen MR) is 132 cm³/mol. The molecule has 1 heteroatoms. The van der Waals surface area contributed by atoms with E-state index in [0.29, 0.717) is 0 Å². The average molecular weight is 411 g/mol. The number of rotatable bonds is 2. The highest BCUT2D eigenvalue weighted by molar-refractivity contribution is 7.99. The van der Waals surface area contributed by atoms with Crippen LogP contribution in [-0.4, -0.2) is 0 Å². The van der Waals surface area contributed by atoms with Gasteiger partial charge in [-0.2, -0.15) is 0 Å². The minimum atomic E-state index is 0.0994. The number of hydrogen-bond acceptors (Lipinski definition) is 1. The zero-order valence-electron chi connectivity index (χ0n) is 20.9. The van der Waals surface area contributed by atoms with E-state index in [4.69, 9.17) is 0 Å². The monoisotopic (exact) mass is 410 g/mol. The van der Waals surface area contributed by atoms with Crippen LogP contribution in [0.15, 0.2) is 46.2 Å². The summed E-state index contributed by atoms with van der Waals surface area (Å²) >= 11 is 2.00. The molecule has 29 heavy (non-hydrogen) atoms. The van der Waals surface area contributed by atoms with Gasteiger partial charge >= 0.3 is 0 Å². The van der Waals surface area contributed by atoms with Gasteiger partial charge in [-0.3, -0.25) is 0 Å². The van der Waals surface area contributed by atoms with Gasteiger partial charge in [-0.05, 0) is 43.9 Å². The Morgan fingerprint density at radius 3 is 0.793 bits per heavy atom. The molecule has 0 aromatic heterocycles. The quantitative estimate of drug-likeness (QED) is 0.476. The van der Waals surface area contributed by atoms with Gasteiger partial charge in [-0.1, -0.05) is 131 Å². The van der Waals surface area contributed by atoms with Gasteiger partial charge in [0.1, 0.15) is 0 Å². The molecule has 0 saturated carbocycles. The Labute approximate surface area is 184 Å². The van der Waals surface area contributed by atoms with Crippen LogP contribution in [0.4, 0.5) is 0 Å². The second-order valence-electron chi connectivity index (χ2n) is 12.5. The summed E-state index contributed by atoms with van der Waals surface area (Å²) < 4.78 is 0. The fourth-order valence-corrected chi connectivity index (χ4v) is 5.90. The smallest absolute Gasteiger partial charge is 0.0197 e. The SMILES string of the molecule is CC(C)(C)c1cccc(C(C)(C)C)c1Sc1c(C(C)(C)C)cccc1C(C)(C)C. The van der Waals surface area contributed by atoms with Gasteiger partial charge in [0.15, 0.2) is 0 Å². The van der Waals surface area contributed by atoms with Crippen molar-refractivity contribution in [2.45, 2.75) is 115 Å². The molecule has 2 aromatic rings. The molecule has 160 valence electrons. The van der Waals surface area contributed by atoms with E-state index in [-0.39, 0.29) is 21.7 Å².